The third kappa shape index (κ3) is 8.66. The van der Waals surface area contributed by atoms with Crippen LogP contribution in [0.2, 0.25) is 25.7 Å². The van der Waals surface area contributed by atoms with Crippen LogP contribution in [0.5, 0.6) is 0 Å². The Kier molecular flexibility index (Phi) is 11.1. The van der Waals surface area contributed by atoms with Crippen molar-refractivity contribution in [2.75, 3.05) is 13.7 Å². The van der Waals surface area contributed by atoms with E-state index in [0.29, 0.717) is 39.0 Å². The highest BCUT2D eigenvalue weighted by Gasteiger charge is 2.45. The Balaban J connectivity index is 1.61. The van der Waals surface area contributed by atoms with Gasteiger partial charge in [0.05, 0.1) is 23.2 Å². The van der Waals surface area contributed by atoms with Crippen molar-refractivity contribution in [3.8, 4) is 0 Å². The molecule has 2 fully saturated rings. The number of para-hydroxylation sites is 1. The number of nitrogens with one attached hydrogen (secondary N) is 1. The summed E-state index contributed by atoms with van der Waals surface area (Å²) in [7, 11) is 0.218. The van der Waals surface area contributed by atoms with E-state index in [1.807, 2.05) is 23.1 Å². The lowest BCUT2D eigenvalue weighted by Crippen LogP contribution is -2.56. The molecular formula is C32H50BrN5O6Si. The lowest BCUT2D eigenvalue weighted by atomic mass is 9.96. The second-order valence-corrected chi connectivity index (χ2v) is 21.1. The number of carbonyl (C=O) groups is 3. The van der Waals surface area contributed by atoms with Crippen LogP contribution >= 0.6 is 15.9 Å². The third-order valence-electron chi connectivity index (χ3n) is 8.61. The first kappa shape index (κ1) is 35.4. The third-order valence-corrected chi connectivity index (χ3v) is 11.0. The van der Waals surface area contributed by atoms with Gasteiger partial charge in [-0.3, -0.25) is 14.5 Å². The van der Waals surface area contributed by atoms with Gasteiger partial charge in [-0.25, -0.2) is 9.78 Å². The van der Waals surface area contributed by atoms with Crippen LogP contribution in [0.15, 0.2) is 22.7 Å². The molecule has 250 valence electrons. The normalized spacial score (nSPS) is 23.3. The minimum atomic E-state index is -1.28. The maximum absolute atomic E-state index is 14.3. The molecule has 13 heteroatoms. The largest absolute Gasteiger partial charge is 0.444 e. The minimum Gasteiger partial charge on any atom is -0.444 e. The Morgan fingerprint density at radius 1 is 1.20 bits per heavy atom. The molecule has 4 rings (SSSR count). The molecule has 3 amide bonds. The summed E-state index contributed by atoms with van der Waals surface area (Å²) >= 11 is 3.70. The van der Waals surface area contributed by atoms with E-state index in [2.05, 4.69) is 45.5 Å². The molecule has 5 atom stereocenters. The molecule has 2 aliphatic heterocycles. The summed E-state index contributed by atoms with van der Waals surface area (Å²) in [5.74, 6) is 0.0714. The summed E-state index contributed by atoms with van der Waals surface area (Å²) in [6.07, 6.45) is 1.30. The van der Waals surface area contributed by atoms with Crippen LogP contribution in [0.1, 0.15) is 71.7 Å². The zero-order chi connectivity index (χ0) is 33.3. The first-order valence-electron chi connectivity index (χ1n) is 16.0. The van der Waals surface area contributed by atoms with Crippen molar-refractivity contribution >= 4 is 52.9 Å². The number of hydrogen-bond acceptors (Lipinski definition) is 7. The highest BCUT2D eigenvalue weighted by Crippen LogP contribution is 2.41. The second-order valence-electron chi connectivity index (χ2n) is 14.6. The zero-order valence-electron chi connectivity index (χ0n) is 27.9. The fraction of sp³-hybridized carbons (Fsp3) is 0.688. The monoisotopic (exact) mass is 707 g/mol. The number of fused-ring (bicyclic) bond motifs is 2. The number of nitrogens with zero attached hydrogens (tertiary/aromatic N) is 4. The smallest absolute Gasteiger partial charge is 0.410 e. The molecule has 2 N–H and O–H groups in total. The van der Waals surface area contributed by atoms with Gasteiger partial charge in [0, 0.05) is 32.2 Å². The maximum Gasteiger partial charge on any atom is 0.410 e. The van der Waals surface area contributed by atoms with Crippen molar-refractivity contribution in [1.82, 2.24) is 24.7 Å². The average Bonchev–Trinajstić information content (AvgIpc) is 3.51. The average molecular weight is 709 g/mol. The predicted octanol–water partition coefficient (Wildman–Crippen LogP) is 5.43. The van der Waals surface area contributed by atoms with Gasteiger partial charge >= 0.3 is 6.09 Å². The highest BCUT2D eigenvalue weighted by molar-refractivity contribution is 9.10. The molecule has 45 heavy (non-hydrogen) atoms. The fourth-order valence-electron chi connectivity index (χ4n) is 5.97. The standard InChI is InChI=1S/C32H50BrN5O6Si/c1-20(36(5)31(42)44-32(2,3)4)29(40)35-25-14-13-22(39)18-21-12-15-26(38(21)30(25)41)28-34-24-11-9-10-23(33)27(24)37(28)19-43-16-17-45(6,7)8/h9-11,20-22,25-26,39H,12-19H2,1-8H3,(H,35,40)/t20-,21+,22-,25-,26-/m0/s1. The Morgan fingerprint density at radius 3 is 2.58 bits per heavy atom. The van der Waals surface area contributed by atoms with Crippen LogP contribution in [0.4, 0.5) is 4.79 Å². The van der Waals surface area contributed by atoms with Gasteiger partial charge in [-0.15, -0.1) is 0 Å². The molecular weight excluding hydrogens is 658 g/mol. The Bertz CT molecular complexity index is 1390. The van der Waals surface area contributed by atoms with E-state index >= 15 is 0 Å². The molecule has 0 saturated carbocycles. The number of aliphatic hydroxyl groups excluding tert-OH is 1. The molecule has 2 saturated heterocycles. The number of ether oxygens (including phenoxy) is 2. The number of aliphatic hydroxyl groups is 1. The lowest BCUT2D eigenvalue weighted by molar-refractivity contribution is -0.142. The van der Waals surface area contributed by atoms with Crippen molar-refractivity contribution in [2.45, 2.75) is 128 Å². The van der Waals surface area contributed by atoms with Crippen molar-refractivity contribution in [1.29, 1.82) is 0 Å². The number of benzene rings is 1. The van der Waals surface area contributed by atoms with E-state index in [1.54, 1.807) is 27.7 Å². The first-order chi connectivity index (χ1) is 21.0. The van der Waals surface area contributed by atoms with Gasteiger partial charge < -0.3 is 29.4 Å². The summed E-state index contributed by atoms with van der Waals surface area (Å²) in [5, 5.41) is 13.8. The molecule has 3 heterocycles. The van der Waals surface area contributed by atoms with Gasteiger partial charge in [-0.05, 0) is 93.9 Å². The molecule has 0 radical (unpaired) electrons. The summed E-state index contributed by atoms with van der Waals surface area (Å²) in [5.41, 5.74) is 1.01. The molecule has 0 aliphatic carbocycles. The lowest BCUT2D eigenvalue weighted by Gasteiger charge is -2.37. The molecule has 1 aromatic carbocycles. The van der Waals surface area contributed by atoms with Crippen molar-refractivity contribution in [3.05, 3.63) is 28.5 Å². The van der Waals surface area contributed by atoms with Crippen LogP contribution in [0.3, 0.4) is 0 Å². The van der Waals surface area contributed by atoms with Gasteiger partial charge in [-0.2, -0.15) is 0 Å². The molecule has 0 spiro atoms. The second kappa shape index (κ2) is 14.1. The number of aromatic nitrogens is 2. The molecule has 0 bridgehead atoms. The van der Waals surface area contributed by atoms with Gasteiger partial charge in [-0.1, -0.05) is 25.7 Å². The number of likely N-dealkylation sites (N-methyl/N-ethyl adjacent to an activating group) is 1. The number of imidazole rings is 1. The molecule has 2 aromatic rings. The fourth-order valence-corrected chi connectivity index (χ4v) is 7.30. The molecule has 0 unspecified atom stereocenters. The van der Waals surface area contributed by atoms with Crippen LogP contribution in [0, 0.1) is 0 Å². The number of halogens is 1. The molecule has 1 aromatic heterocycles. The number of amides is 3. The van der Waals surface area contributed by atoms with Crippen LogP contribution in [-0.4, -0.2) is 93.9 Å². The number of carbonyl (C=O) groups excluding carboxylic acids is 3. The summed E-state index contributed by atoms with van der Waals surface area (Å²) in [6, 6.07) is 4.63. The van der Waals surface area contributed by atoms with E-state index in [0.717, 1.165) is 27.4 Å². The number of rotatable bonds is 9. The Hall–Kier alpha value is -2.48. The highest BCUT2D eigenvalue weighted by atomic mass is 79.9. The van der Waals surface area contributed by atoms with Gasteiger partial charge in [0.15, 0.2) is 0 Å². The molecule has 11 nitrogen and oxygen atoms in total. The first-order valence-corrected chi connectivity index (χ1v) is 20.5. The minimum absolute atomic E-state index is 0.191. The van der Waals surface area contributed by atoms with Gasteiger partial charge in [0.25, 0.3) is 0 Å². The van der Waals surface area contributed by atoms with E-state index in [-0.39, 0.29) is 24.4 Å². The van der Waals surface area contributed by atoms with Crippen molar-refractivity contribution in [2.24, 2.45) is 0 Å². The number of hydrogen-bond donors (Lipinski definition) is 2. The van der Waals surface area contributed by atoms with Crippen molar-refractivity contribution in [3.63, 3.8) is 0 Å². The Morgan fingerprint density at radius 2 is 1.91 bits per heavy atom. The van der Waals surface area contributed by atoms with Crippen LogP contribution < -0.4 is 5.32 Å². The van der Waals surface area contributed by atoms with Gasteiger partial charge in [0.1, 0.15) is 30.2 Å². The SMILES string of the molecule is C[C@@H](C(=O)N[C@H]1CC[C@H](O)C[C@H]2CC[C@@H](c3nc4cccc(Br)c4n3COCC[Si](C)(C)C)N2C1=O)N(C)C(=O)OC(C)(C)C. The predicted molar refractivity (Wildman–Crippen MR) is 179 cm³/mol. The summed E-state index contributed by atoms with van der Waals surface area (Å²) in [4.78, 5) is 48.4. The maximum atomic E-state index is 14.3. The summed E-state index contributed by atoms with van der Waals surface area (Å²) < 4.78 is 14.6. The van der Waals surface area contributed by atoms with Crippen LogP contribution in [-0.2, 0) is 25.8 Å². The topological polar surface area (TPSA) is 126 Å². The van der Waals surface area contributed by atoms with E-state index < -0.39 is 43.9 Å². The zero-order valence-corrected chi connectivity index (χ0v) is 30.5. The quantitative estimate of drug-likeness (QED) is 0.263. The molecule has 2 aliphatic rings. The van der Waals surface area contributed by atoms with Gasteiger partial charge in [0.2, 0.25) is 11.8 Å². The van der Waals surface area contributed by atoms with E-state index in [4.69, 9.17) is 14.5 Å². The van der Waals surface area contributed by atoms with E-state index in [1.165, 1.54) is 11.9 Å². The Labute approximate surface area is 276 Å². The van der Waals surface area contributed by atoms with E-state index in [9.17, 15) is 19.5 Å². The van der Waals surface area contributed by atoms with Crippen LogP contribution in [0.25, 0.3) is 11.0 Å². The van der Waals surface area contributed by atoms with Crippen molar-refractivity contribution < 1.29 is 29.0 Å². The summed E-state index contributed by atoms with van der Waals surface area (Å²) in [6.45, 7) is 14.8.